The third-order valence-electron chi connectivity index (χ3n) is 8.29. The van der Waals surface area contributed by atoms with Crippen LogP contribution in [0.15, 0.2) is 48.6 Å². The standard InChI is InChI=1S/C41H78NO6P/c1-3-5-7-9-11-13-15-17-19-21-23-25-27-29-31-33-36-45-39-41(40-48-49(43,44)47-38-35-42)46-37-34-32-30-28-26-24-22-20-18-16-14-12-10-8-6-4-2/h11-14,17-20,41H,3-10,15-16,21-40,42H2,1-2H3,(H,43,44)/b13-11-,14-12-,19-17-,20-18-/t41-/m1/s1. The van der Waals surface area contributed by atoms with Crippen LogP contribution in [0.1, 0.15) is 168 Å². The van der Waals surface area contributed by atoms with E-state index in [0.717, 1.165) is 44.9 Å². The molecule has 49 heavy (non-hydrogen) atoms. The summed E-state index contributed by atoms with van der Waals surface area (Å²) in [5.74, 6) is 0. The minimum absolute atomic E-state index is 0.0316. The van der Waals surface area contributed by atoms with Crippen molar-refractivity contribution in [1.82, 2.24) is 0 Å². The summed E-state index contributed by atoms with van der Waals surface area (Å²) in [6.45, 7) is 6.12. The van der Waals surface area contributed by atoms with Crippen molar-refractivity contribution >= 4 is 7.82 Å². The second-order valence-corrected chi connectivity index (χ2v) is 14.6. The molecule has 0 aliphatic carbocycles. The van der Waals surface area contributed by atoms with Crippen LogP contribution in [0.5, 0.6) is 0 Å². The predicted octanol–water partition coefficient (Wildman–Crippen LogP) is 12.1. The zero-order chi connectivity index (χ0) is 35.8. The average molecular weight is 712 g/mol. The third kappa shape index (κ3) is 39.6. The first-order chi connectivity index (χ1) is 24.1. The maximum Gasteiger partial charge on any atom is 0.472 e. The van der Waals surface area contributed by atoms with Crippen molar-refractivity contribution < 1.29 is 28.0 Å². The smallest absolute Gasteiger partial charge is 0.379 e. The van der Waals surface area contributed by atoms with Crippen LogP contribution < -0.4 is 5.73 Å². The highest BCUT2D eigenvalue weighted by Gasteiger charge is 2.23. The fraction of sp³-hybridized carbons (Fsp3) is 0.805. The van der Waals surface area contributed by atoms with Gasteiger partial charge in [0.2, 0.25) is 0 Å². The Bertz CT molecular complexity index is 831. The zero-order valence-corrected chi connectivity index (χ0v) is 32.8. The minimum Gasteiger partial charge on any atom is -0.379 e. The van der Waals surface area contributed by atoms with Crippen LogP contribution in [-0.4, -0.2) is 50.6 Å². The van der Waals surface area contributed by atoms with Gasteiger partial charge in [0.05, 0.1) is 19.8 Å². The summed E-state index contributed by atoms with van der Waals surface area (Å²) in [5.41, 5.74) is 5.38. The first kappa shape index (κ1) is 48.0. The van der Waals surface area contributed by atoms with Crippen LogP contribution in [0.4, 0.5) is 0 Å². The lowest BCUT2D eigenvalue weighted by molar-refractivity contribution is -0.0443. The molecule has 0 aromatic carbocycles. The van der Waals surface area contributed by atoms with Gasteiger partial charge in [0.25, 0.3) is 0 Å². The van der Waals surface area contributed by atoms with E-state index in [0.29, 0.717) is 19.8 Å². The van der Waals surface area contributed by atoms with Crippen molar-refractivity contribution in [3.05, 3.63) is 48.6 Å². The summed E-state index contributed by atoms with van der Waals surface area (Å²) in [4.78, 5) is 9.89. The molecule has 0 spiro atoms. The molecule has 0 rings (SSSR count). The van der Waals surface area contributed by atoms with Crippen molar-refractivity contribution in [1.29, 1.82) is 0 Å². The van der Waals surface area contributed by atoms with E-state index < -0.39 is 13.9 Å². The van der Waals surface area contributed by atoms with Gasteiger partial charge in [-0.15, -0.1) is 0 Å². The maximum absolute atomic E-state index is 12.1. The van der Waals surface area contributed by atoms with Crippen LogP contribution in [0.3, 0.4) is 0 Å². The van der Waals surface area contributed by atoms with E-state index in [4.69, 9.17) is 24.3 Å². The van der Waals surface area contributed by atoms with Crippen molar-refractivity contribution in [3.63, 3.8) is 0 Å². The van der Waals surface area contributed by atoms with Gasteiger partial charge >= 0.3 is 7.82 Å². The molecule has 0 aromatic rings. The second-order valence-electron chi connectivity index (χ2n) is 13.1. The van der Waals surface area contributed by atoms with E-state index >= 15 is 0 Å². The fourth-order valence-electron chi connectivity index (χ4n) is 5.27. The summed E-state index contributed by atoms with van der Waals surface area (Å²) in [7, 11) is -4.15. The van der Waals surface area contributed by atoms with Crippen LogP contribution in [0, 0.1) is 0 Å². The number of ether oxygens (including phenoxy) is 2. The largest absolute Gasteiger partial charge is 0.472 e. The molecule has 0 saturated carbocycles. The highest BCUT2D eigenvalue weighted by atomic mass is 31.2. The van der Waals surface area contributed by atoms with Gasteiger partial charge in [-0.05, 0) is 77.0 Å². The average Bonchev–Trinajstić information content (AvgIpc) is 3.10. The van der Waals surface area contributed by atoms with E-state index in [1.54, 1.807) is 0 Å². The Hall–Kier alpha value is -1.05. The predicted molar refractivity (Wildman–Crippen MR) is 210 cm³/mol. The molecule has 0 fully saturated rings. The van der Waals surface area contributed by atoms with E-state index in [1.807, 2.05) is 0 Å². The van der Waals surface area contributed by atoms with E-state index in [1.165, 1.54) is 109 Å². The third-order valence-corrected chi connectivity index (χ3v) is 9.27. The van der Waals surface area contributed by atoms with Gasteiger partial charge < -0.3 is 20.1 Å². The van der Waals surface area contributed by atoms with Gasteiger partial charge in [-0.25, -0.2) is 4.57 Å². The Morgan fingerprint density at radius 1 is 0.531 bits per heavy atom. The van der Waals surface area contributed by atoms with Gasteiger partial charge in [-0.1, -0.05) is 140 Å². The van der Waals surface area contributed by atoms with Gasteiger partial charge in [0.15, 0.2) is 0 Å². The number of phosphoric acid groups is 1. The van der Waals surface area contributed by atoms with Gasteiger partial charge in [-0.2, -0.15) is 0 Å². The molecule has 0 aromatic heterocycles. The molecule has 7 nitrogen and oxygen atoms in total. The van der Waals surface area contributed by atoms with E-state index in [-0.39, 0.29) is 19.8 Å². The number of nitrogens with two attached hydrogens (primary N) is 1. The van der Waals surface area contributed by atoms with Gasteiger partial charge in [0.1, 0.15) is 6.10 Å². The number of phosphoric ester groups is 1. The molecule has 0 saturated heterocycles. The Balaban J connectivity index is 3.98. The summed E-state index contributed by atoms with van der Waals surface area (Å²) in [6.07, 6.45) is 46.9. The SMILES string of the molecule is CCCCC/C=C\C/C=C\CCCCCCCCOC[C@H](COP(=O)(O)OCCN)OCCCCCCCC/C=C\C/C=C\CCCCC. The quantitative estimate of drug-likeness (QED) is 0.0372. The number of rotatable bonds is 39. The first-order valence-corrected chi connectivity index (χ1v) is 21.7. The molecule has 0 bridgehead atoms. The molecule has 0 radical (unpaired) electrons. The van der Waals surface area contributed by atoms with Crippen LogP contribution >= 0.6 is 7.82 Å². The lowest BCUT2D eigenvalue weighted by atomic mass is 10.1. The zero-order valence-electron chi connectivity index (χ0n) is 31.9. The van der Waals surface area contributed by atoms with Crippen molar-refractivity contribution in [3.8, 4) is 0 Å². The molecule has 0 aliphatic rings. The summed E-state index contributed by atoms with van der Waals surface area (Å²) in [5, 5.41) is 0. The summed E-state index contributed by atoms with van der Waals surface area (Å²) < 4.78 is 34.0. The van der Waals surface area contributed by atoms with Gasteiger partial charge in [0, 0.05) is 19.8 Å². The number of hydrogen-bond donors (Lipinski definition) is 2. The summed E-state index contributed by atoms with van der Waals surface area (Å²) >= 11 is 0. The number of unbranched alkanes of at least 4 members (excludes halogenated alkanes) is 18. The Labute approximate surface area is 303 Å². The molecule has 0 aliphatic heterocycles. The molecule has 0 amide bonds. The van der Waals surface area contributed by atoms with Crippen molar-refractivity contribution in [2.45, 2.75) is 174 Å². The lowest BCUT2D eigenvalue weighted by Gasteiger charge is -2.20. The summed E-state index contributed by atoms with van der Waals surface area (Å²) in [6, 6.07) is 0. The highest BCUT2D eigenvalue weighted by Crippen LogP contribution is 2.43. The highest BCUT2D eigenvalue weighted by molar-refractivity contribution is 7.47. The molecule has 3 N–H and O–H groups in total. The van der Waals surface area contributed by atoms with Crippen LogP contribution in [-0.2, 0) is 23.1 Å². The molecular weight excluding hydrogens is 633 g/mol. The van der Waals surface area contributed by atoms with Crippen LogP contribution in [0.25, 0.3) is 0 Å². The molecule has 2 atom stereocenters. The lowest BCUT2D eigenvalue weighted by Crippen LogP contribution is -2.26. The van der Waals surface area contributed by atoms with Crippen LogP contribution in [0.2, 0.25) is 0 Å². The molecule has 1 unspecified atom stereocenters. The fourth-order valence-corrected chi connectivity index (χ4v) is 6.04. The van der Waals surface area contributed by atoms with E-state index in [9.17, 15) is 9.46 Å². The maximum atomic E-state index is 12.1. The molecule has 0 heterocycles. The minimum atomic E-state index is -4.15. The van der Waals surface area contributed by atoms with Crippen molar-refractivity contribution in [2.75, 3.05) is 39.6 Å². The Morgan fingerprint density at radius 2 is 0.959 bits per heavy atom. The molecule has 288 valence electrons. The molecular formula is C41H78NO6P. The second kappa shape index (κ2) is 39.7. The first-order valence-electron chi connectivity index (χ1n) is 20.2. The number of hydrogen-bond acceptors (Lipinski definition) is 6. The molecule has 8 heteroatoms. The van der Waals surface area contributed by atoms with Gasteiger partial charge in [-0.3, -0.25) is 9.05 Å². The number of allylic oxidation sites excluding steroid dienone is 8. The Kier molecular flexibility index (Phi) is 38.9. The normalized spacial score (nSPS) is 14.3. The Morgan fingerprint density at radius 3 is 1.43 bits per heavy atom. The van der Waals surface area contributed by atoms with E-state index in [2.05, 4.69) is 62.5 Å². The van der Waals surface area contributed by atoms with Crippen molar-refractivity contribution in [2.24, 2.45) is 5.73 Å². The topological polar surface area (TPSA) is 100 Å². The monoisotopic (exact) mass is 712 g/mol.